The highest BCUT2D eigenvalue weighted by Crippen LogP contribution is 2.33. The molecule has 0 spiro atoms. The summed E-state index contributed by atoms with van der Waals surface area (Å²) in [5.74, 6) is -1.02. The summed E-state index contributed by atoms with van der Waals surface area (Å²) < 4.78 is 13.5. The molecule has 13 heavy (non-hydrogen) atoms. The van der Waals surface area contributed by atoms with Gasteiger partial charge in [0.2, 0.25) is 0 Å². The zero-order valence-electron chi connectivity index (χ0n) is 8.09. The number of likely N-dealkylation sites (tertiary alicyclic amines) is 1. The van der Waals surface area contributed by atoms with Crippen molar-refractivity contribution in [3.63, 3.8) is 0 Å². The van der Waals surface area contributed by atoms with Crippen LogP contribution in [-0.2, 0) is 4.79 Å². The number of rotatable bonds is 1. The molecule has 2 atom stereocenters. The van der Waals surface area contributed by atoms with E-state index in [-0.39, 0.29) is 0 Å². The third-order valence-corrected chi connectivity index (χ3v) is 2.96. The molecular formula is C9H16FNO2. The van der Waals surface area contributed by atoms with E-state index in [4.69, 9.17) is 5.11 Å². The second kappa shape index (κ2) is 3.62. The number of alkyl halides is 1. The Morgan fingerprint density at radius 2 is 2.23 bits per heavy atom. The van der Waals surface area contributed by atoms with Gasteiger partial charge >= 0.3 is 5.97 Å². The van der Waals surface area contributed by atoms with Gasteiger partial charge in [-0.2, -0.15) is 0 Å². The summed E-state index contributed by atoms with van der Waals surface area (Å²) in [5, 5.41) is 8.92. The molecule has 1 aliphatic rings. The van der Waals surface area contributed by atoms with Crippen LogP contribution >= 0.6 is 0 Å². The number of carboxylic acids is 1. The summed E-state index contributed by atoms with van der Waals surface area (Å²) in [5.41, 5.74) is -1.19. The van der Waals surface area contributed by atoms with Gasteiger partial charge in [0.05, 0.1) is 5.41 Å². The molecule has 0 aromatic heterocycles. The third-order valence-electron chi connectivity index (χ3n) is 2.96. The lowest BCUT2D eigenvalue weighted by molar-refractivity contribution is -0.152. The number of carboxylic acid groups (broad SMARTS) is 1. The van der Waals surface area contributed by atoms with Gasteiger partial charge in [-0.25, -0.2) is 4.39 Å². The highest BCUT2D eigenvalue weighted by molar-refractivity contribution is 5.75. The normalized spacial score (nSPS) is 37.0. The van der Waals surface area contributed by atoms with Gasteiger partial charge in [-0.1, -0.05) is 0 Å². The summed E-state index contributed by atoms with van der Waals surface area (Å²) in [7, 11) is 1.89. The smallest absolute Gasteiger partial charge is 0.312 e. The van der Waals surface area contributed by atoms with Crippen molar-refractivity contribution in [3.8, 4) is 0 Å². The maximum absolute atomic E-state index is 13.5. The Kier molecular flexibility index (Phi) is 2.91. The largest absolute Gasteiger partial charge is 0.481 e. The summed E-state index contributed by atoms with van der Waals surface area (Å²) in [4.78, 5) is 12.9. The van der Waals surface area contributed by atoms with E-state index in [9.17, 15) is 9.18 Å². The first-order valence-electron chi connectivity index (χ1n) is 4.53. The second-order valence-corrected chi connectivity index (χ2v) is 4.03. The number of hydrogen-bond donors (Lipinski definition) is 1. The third kappa shape index (κ3) is 1.99. The summed E-state index contributed by atoms with van der Waals surface area (Å²) >= 11 is 0. The van der Waals surface area contributed by atoms with Crippen molar-refractivity contribution < 1.29 is 14.3 Å². The van der Waals surface area contributed by atoms with Crippen LogP contribution in [0.25, 0.3) is 0 Å². The molecule has 76 valence electrons. The van der Waals surface area contributed by atoms with Crippen LogP contribution in [-0.4, -0.2) is 42.3 Å². The van der Waals surface area contributed by atoms with Crippen molar-refractivity contribution >= 4 is 5.97 Å². The Hall–Kier alpha value is -0.640. The number of hydrogen-bond acceptors (Lipinski definition) is 2. The average Bonchev–Trinajstić information content (AvgIpc) is 2.19. The maximum Gasteiger partial charge on any atom is 0.312 e. The molecule has 0 aromatic rings. The maximum atomic E-state index is 13.5. The lowest BCUT2D eigenvalue weighted by atomic mass is 9.81. The zero-order chi connectivity index (χ0) is 10.1. The van der Waals surface area contributed by atoms with Gasteiger partial charge in [-0.3, -0.25) is 4.79 Å². The number of carbonyl (C=O) groups is 1. The topological polar surface area (TPSA) is 40.5 Å². The zero-order valence-corrected chi connectivity index (χ0v) is 8.09. The summed E-state index contributed by atoms with van der Waals surface area (Å²) in [6, 6.07) is 0. The van der Waals surface area contributed by atoms with Crippen LogP contribution in [0.2, 0.25) is 0 Å². The SMILES string of the molecule is CN1CCC(F)C(C)(C(=O)O)CC1. The predicted octanol–water partition coefficient (Wildman–Crippen LogP) is 1.14. The first-order chi connectivity index (χ1) is 5.97. The minimum Gasteiger partial charge on any atom is -0.481 e. The van der Waals surface area contributed by atoms with Crippen LogP contribution in [0.15, 0.2) is 0 Å². The summed E-state index contributed by atoms with van der Waals surface area (Å²) in [6.45, 7) is 2.80. The Morgan fingerprint density at radius 3 is 2.77 bits per heavy atom. The number of aliphatic carboxylic acids is 1. The van der Waals surface area contributed by atoms with Gasteiger partial charge in [0.15, 0.2) is 0 Å². The fourth-order valence-corrected chi connectivity index (χ4v) is 1.58. The van der Waals surface area contributed by atoms with Gasteiger partial charge < -0.3 is 10.0 Å². The second-order valence-electron chi connectivity index (χ2n) is 4.03. The van der Waals surface area contributed by atoms with Crippen LogP contribution < -0.4 is 0 Å². The fourth-order valence-electron chi connectivity index (χ4n) is 1.58. The van der Waals surface area contributed by atoms with Crippen molar-refractivity contribution in [3.05, 3.63) is 0 Å². The first-order valence-corrected chi connectivity index (χ1v) is 4.53. The Labute approximate surface area is 77.5 Å². The summed E-state index contributed by atoms with van der Waals surface area (Å²) in [6.07, 6.45) is -0.519. The van der Waals surface area contributed by atoms with Gasteiger partial charge in [0.1, 0.15) is 6.17 Å². The van der Waals surface area contributed by atoms with Crippen LogP contribution in [0.4, 0.5) is 4.39 Å². The molecule has 1 aliphatic heterocycles. The molecule has 4 heteroatoms. The highest BCUT2D eigenvalue weighted by atomic mass is 19.1. The molecule has 0 bridgehead atoms. The molecule has 3 nitrogen and oxygen atoms in total. The van der Waals surface area contributed by atoms with Gasteiger partial charge in [-0.15, -0.1) is 0 Å². The standard InChI is InChI=1S/C9H16FNO2/c1-9(8(12)13)4-6-11(2)5-3-7(9)10/h7H,3-6H2,1-2H3,(H,12,13). The quantitative estimate of drug-likeness (QED) is 0.672. The van der Waals surface area contributed by atoms with E-state index in [1.54, 1.807) is 0 Å². The lowest BCUT2D eigenvalue weighted by Gasteiger charge is -2.25. The molecule has 1 fully saturated rings. The molecule has 1 N–H and O–H groups in total. The molecular weight excluding hydrogens is 173 g/mol. The molecule has 0 saturated carbocycles. The fraction of sp³-hybridized carbons (Fsp3) is 0.889. The van der Waals surface area contributed by atoms with Crippen LogP contribution in [0, 0.1) is 5.41 Å². The molecule has 1 saturated heterocycles. The van der Waals surface area contributed by atoms with Crippen molar-refractivity contribution in [2.45, 2.75) is 25.9 Å². The van der Waals surface area contributed by atoms with Crippen molar-refractivity contribution in [1.82, 2.24) is 4.90 Å². The van der Waals surface area contributed by atoms with Crippen molar-refractivity contribution in [2.75, 3.05) is 20.1 Å². The molecule has 2 unspecified atom stereocenters. The van der Waals surface area contributed by atoms with E-state index in [1.807, 2.05) is 11.9 Å². The first kappa shape index (κ1) is 10.4. The lowest BCUT2D eigenvalue weighted by Crippen LogP contribution is -2.37. The highest BCUT2D eigenvalue weighted by Gasteiger charge is 2.43. The van der Waals surface area contributed by atoms with E-state index in [2.05, 4.69) is 0 Å². The van der Waals surface area contributed by atoms with Crippen molar-refractivity contribution in [1.29, 1.82) is 0 Å². The monoisotopic (exact) mass is 189 g/mol. The molecule has 0 aliphatic carbocycles. The van der Waals surface area contributed by atoms with Gasteiger partial charge in [0.25, 0.3) is 0 Å². The number of nitrogens with zero attached hydrogens (tertiary/aromatic N) is 1. The van der Waals surface area contributed by atoms with Crippen LogP contribution in [0.5, 0.6) is 0 Å². The van der Waals surface area contributed by atoms with Crippen LogP contribution in [0.1, 0.15) is 19.8 Å². The van der Waals surface area contributed by atoms with E-state index in [0.29, 0.717) is 25.9 Å². The molecule has 0 aromatic carbocycles. The molecule has 0 radical (unpaired) electrons. The van der Waals surface area contributed by atoms with Gasteiger partial charge in [0, 0.05) is 6.54 Å². The van der Waals surface area contributed by atoms with Crippen molar-refractivity contribution in [2.24, 2.45) is 5.41 Å². The Morgan fingerprint density at radius 1 is 1.62 bits per heavy atom. The van der Waals surface area contributed by atoms with E-state index >= 15 is 0 Å². The minimum atomic E-state index is -1.23. The predicted molar refractivity (Wildman–Crippen MR) is 47.4 cm³/mol. The minimum absolute atomic E-state index is 0.319. The molecule has 0 amide bonds. The van der Waals surface area contributed by atoms with Crippen LogP contribution in [0.3, 0.4) is 0 Å². The Bertz CT molecular complexity index is 210. The Balaban J connectivity index is 2.77. The van der Waals surface area contributed by atoms with E-state index in [1.165, 1.54) is 6.92 Å². The molecule has 1 heterocycles. The average molecular weight is 189 g/mol. The van der Waals surface area contributed by atoms with E-state index < -0.39 is 17.6 Å². The van der Waals surface area contributed by atoms with E-state index in [0.717, 1.165) is 0 Å². The molecule has 1 rings (SSSR count). The number of halogens is 1. The van der Waals surface area contributed by atoms with Gasteiger partial charge in [-0.05, 0) is 33.4 Å².